The van der Waals surface area contributed by atoms with Crippen LogP contribution in [0.3, 0.4) is 0 Å². The maximum Gasteiger partial charge on any atom is 0.191 e. The van der Waals surface area contributed by atoms with Crippen molar-refractivity contribution >= 4 is 5.96 Å². The molecule has 0 radical (unpaired) electrons. The van der Waals surface area contributed by atoms with Crippen molar-refractivity contribution in [1.82, 2.24) is 10.6 Å². The van der Waals surface area contributed by atoms with Crippen molar-refractivity contribution in [3.05, 3.63) is 24.3 Å². The van der Waals surface area contributed by atoms with Gasteiger partial charge < -0.3 is 29.6 Å². The van der Waals surface area contributed by atoms with Crippen LogP contribution in [0.5, 0.6) is 11.5 Å². The summed E-state index contributed by atoms with van der Waals surface area (Å²) in [6.07, 6.45) is 3.19. The molecule has 0 amide bonds. The van der Waals surface area contributed by atoms with Gasteiger partial charge >= 0.3 is 0 Å². The number of hydrogen-bond donors (Lipinski definition) is 2. The molecule has 7 heteroatoms. The van der Waals surface area contributed by atoms with Crippen molar-refractivity contribution in [3.63, 3.8) is 0 Å². The van der Waals surface area contributed by atoms with Crippen molar-refractivity contribution in [2.45, 2.75) is 32.3 Å². The molecule has 1 heterocycles. The molecule has 0 spiro atoms. The zero-order valence-corrected chi connectivity index (χ0v) is 17.4. The monoisotopic (exact) mass is 393 g/mol. The van der Waals surface area contributed by atoms with Gasteiger partial charge in [0, 0.05) is 40.0 Å². The van der Waals surface area contributed by atoms with Gasteiger partial charge in [0.15, 0.2) is 5.96 Å². The summed E-state index contributed by atoms with van der Waals surface area (Å²) >= 11 is 0. The maximum absolute atomic E-state index is 5.89. The molecular formula is C21H35N3O4. The van der Waals surface area contributed by atoms with Gasteiger partial charge in [0.05, 0.1) is 13.7 Å². The molecule has 2 N–H and O–H groups in total. The first-order valence-corrected chi connectivity index (χ1v) is 10.1. The number of hydrogen-bond acceptors (Lipinski definition) is 5. The fourth-order valence-electron chi connectivity index (χ4n) is 2.93. The molecule has 0 saturated carbocycles. The van der Waals surface area contributed by atoms with Crippen molar-refractivity contribution in [3.8, 4) is 11.5 Å². The molecule has 7 nitrogen and oxygen atoms in total. The number of guanidine groups is 1. The minimum absolute atomic E-state index is 0.00903. The molecule has 0 aromatic heterocycles. The quantitative estimate of drug-likeness (QED) is 0.342. The van der Waals surface area contributed by atoms with Crippen molar-refractivity contribution in [2.24, 2.45) is 10.9 Å². The molecule has 1 aliphatic rings. The fourth-order valence-corrected chi connectivity index (χ4v) is 2.93. The van der Waals surface area contributed by atoms with Gasteiger partial charge in [-0.3, -0.25) is 4.99 Å². The third-order valence-electron chi connectivity index (χ3n) is 4.63. The Morgan fingerprint density at radius 1 is 1.18 bits per heavy atom. The van der Waals surface area contributed by atoms with Crippen LogP contribution in [0.15, 0.2) is 29.3 Å². The van der Waals surface area contributed by atoms with Crippen LogP contribution in [-0.2, 0) is 9.47 Å². The summed E-state index contributed by atoms with van der Waals surface area (Å²) in [7, 11) is 3.42. The number of methoxy groups -OCH3 is 1. The predicted molar refractivity (Wildman–Crippen MR) is 111 cm³/mol. The zero-order chi connectivity index (χ0) is 20.0. The summed E-state index contributed by atoms with van der Waals surface area (Å²) in [6.45, 7) is 6.85. The van der Waals surface area contributed by atoms with Crippen molar-refractivity contribution < 1.29 is 18.9 Å². The van der Waals surface area contributed by atoms with E-state index in [0.29, 0.717) is 12.5 Å². The van der Waals surface area contributed by atoms with Gasteiger partial charge in [-0.15, -0.1) is 0 Å². The third-order valence-corrected chi connectivity index (χ3v) is 4.63. The highest BCUT2D eigenvalue weighted by atomic mass is 16.5. The van der Waals surface area contributed by atoms with E-state index in [1.165, 1.54) is 0 Å². The van der Waals surface area contributed by atoms with E-state index in [-0.39, 0.29) is 6.10 Å². The Balaban J connectivity index is 1.53. The molecule has 1 aromatic carbocycles. The molecule has 2 rings (SSSR count). The van der Waals surface area contributed by atoms with Crippen LogP contribution in [0.1, 0.15) is 26.2 Å². The summed E-state index contributed by atoms with van der Waals surface area (Å²) in [4.78, 5) is 4.25. The van der Waals surface area contributed by atoms with Crippen LogP contribution < -0.4 is 20.1 Å². The third kappa shape index (κ3) is 8.80. The minimum Gasteiger partial charge on any atom is -0.497 e. The van der Waals surface area contributed by atoms with E-state index < -0.39 is 0 Å². The highest BCUT2D eigenvalue weighted by Crippen LogP contribution is 2.18. The van der Waals surface area contributed by atoms with Crippen LogP contribution in [0.2, 0.25) is 0 Å². The van der Waals surface area contributed by atoms with Crippen LogP contribution in [0.25, 0.3) is 0 Å². The number of aliphatic imine (C=N–C) groups is 1. The zero-order valence-electron chi connectivity index (χ0n) is 17.4. The van der Waals surface area contributed by atoms with Crippen LogP contribution in [0, 0.1) is 5.92 Å². The van der Waals surface area contributed by atoms with Gasteiger partial charge in [-0.05, 0) is 56.4 Å². The molecule has 0 bridgehead atoms. The first kappa shape index (κ1) is 22.3. The first-order chi connectivity index (χ1) is 13.7. The molecule has 1 aliphatic heterocycles. The SMILES string of the molecule is CN=C(NCCCOCC1CCOCC1)NCC(C)Oc1ccc(OC)cc1. The smallest absolute Gasteiger partial charge is 0.191 e. The van der Waals surface area contributed by atoms with E-state index in [4.69, 9.17) is 18.9 Å². The van der Waals surface area contributed by atoms with E-state index in [2.05, 4.69) is 15.6 Å². The lowest BCUT2D eigenvalue weighted by Crippen LogP contribution is -2.42. The number of rotatable bonds is 11. The van der Waals surface area contributed by atoms with E-state index in [1.807, 2.05) is 31.2 Å². The Kier molecular flexibility index (Phi) is 10.5. The second kappa shape index (κ2) is 13.2. The van der Waals surface area contributed by atoms with Gasteiger partial charge in [-0.2, -0.15) is 0 Å². The predicted octanol–water partition coefficient (Wildman–Crippen LogP) is 2.46. The average molecular weight is 394 g/mol. The topological polar surface area (TPSA) is 73.3 Å². The number of ether oxygens (including phenoxy) is 4. The summed E-state index contributed by atoms with van der Waals surface area (Å²) in [5.41, 5.74) is 0. The molecular weight excluding hydrogens is 358 g/mol. The van der Waals surface area contributed by atoms with E-state index in [9.17, 15) is 0 Å². The molecule has 0 aliphatic carbocycles. The van der Waals surface area contributed by atoms with Crippen LogP contribution in [0.4, 0.5) is 0 Å². The van der Waals surface area contributed by atoms with Crippen LogP contribution >= 0.6 is 0 Å². The Hall–Kier alpha value is -1.99. The Morgan fingerprint density at radius 2 is 1.89 bits per heavy atom. The van der Waals surface area contributed by atoms with Gasteiger partial charge in [0.1, 0.15) is 17.6 Å². The van der Waals surface area contributed by atoms with Gasteiger partial charge in [-0.1, -0.05) is 0 Å². The molecule has 1 saturated heterocycles. The van der Waals surface area contributed by atoms with Gasteiger partial charge in [0.2, 0.25) is 0 Å². The average Bonchev–Trinajstić information content (AvgIpc) is 2.74. The van der Waals surface area contributed by atoms with E-state index in [0.717, 1.165) is 69.7 Å². The van der Waals surface area contributed by atoms with E-state index >= 15 is 0 Å². The highest BCUT2D eigenvalue weighted by Gasteiger charge is 2.13. The highest BCUT2D eigenvalue weighted by molar-refractivity contribution is 5.79. The van der Waals surface area contributed by atoms with Crippen molar-refractivity contribution in [2.75, 3.05) is 53.7 Å². The van der Waals surface area contributed by atoms with Gasteiger partial charge in [0.25, 0.3) is 0 Å². The lowest BCUT2D eigenvalue weighted by molar-refractivity contribution is 0.0203. The molecule has 1 atom stereocenters. The van der Waals surface area contributed by atoms with E-state index in [1.54, 1.807) is 14.2 Å². The second-order valence-corrected chi connectivity index (χ2v) is 6.97. The lowest BCUT2D eigenvalue weighted by Gasteiger charge is -2.21. The summed E-state index contributed by atoms with van der Waals surface area (Å²) in [5, 5.41) is 6.60. The standard InChI is InChI=1S/C21H35N3O4/c1-17(28-20-7-5-19(25-3)6-8-20)15-24-21(22-2)23-11-4-12-27-16-18-9-13-26-14-10-18/h5-8,17-18H,4,9-16H2,1-3H3,(H2,22,23,24). The van der Waals surface area contributed by atoms with Crippen molar-refractivity contribution in [1.29, 1.82) is 0 Å². The summed E-state index contributed by atoms with van der Waals surface area (Å²) in [6, 6.07) is 7.59. The molecule has 158 valence electrons. The molecule has 1 aromatic rings. The first-order valence-electron chi connectivity index (χ1n) is 10.1. The number of nitrogens with zero attached hydrogens (tertiary/aromatic N) is 1. The minimum atomic E-state index is 0.00903. The molecule has 1 unspecified atom stereocenters. The molecule has 1 fully saturated rings. The second-order valence-electron chi connectivity index (χ2n) is 6.97. The number of nitrogens with one attached hydrogen (secondary N) is 2. The Bertz CT molecular complexity index is 559. The Morgan fingerprint density at radius 3 is 2.57 bits per heavy atom. The normalized spacial score (nSPS) is 16.5. The fraction of sp³-hybridized carbons (Fsp3) is 0.667. The van der Waals surface area contributed by atoms with Crippen LogP contribution in [-0.4, -0.2) is 65.7 Å². The summed E-state index contributed by atoms with van der Waals surface area (Å²) in [5.74, 6) is 3.07. The maximum atomic E-state index is 5.89. The largest absolute Gasteiger partial charge is 0.497 e. The number of benzene rings is 1. The lowest BCUT2D eigenvalue weighted by atomic mass is 10.0. The Labute approximate surface area is 168 Å². The molecule has 28 heavy (non-hydrogen) atoms. The summed E-state index contributed by atoms with van der Waals surface area (Å²) < 4.78 is 22.2. The van der Waals surface area contributed by atoms with Gasteiger partial charge in [-0.25, -0.2) is 0 Å².